The van der Waals surface area contributed by atoms with Gasteiger partial charge in [-0.25, -0.2) is 0 Å². The molecule has 0 aliphatic carbocycles. The average Bonchev–Trinajstić information content (AvgIpc) is 2.37. The Morgan fingerprint density at radius 3 is 2.56 bits per heavy atom. The van der Waals surface area contributed by atoms with Gasteiger partial charge in [-0.15, -0.1) is 18.8 Å². The lowest BCUT2D eigenvalue weighted by atomic mass is 10.2. The third-order valence-electron chi connectivity index (χ3n) is 2.53. The van der Waals surface area contributed by atoms with Crippen molar-refractivity contribution in [2.24, 2.45) is 0 Å². The third-order valence-corrected chi connectivity index (χ3v) is 2.53. The lowest BCUT2D eigenvalue weighted by Crippen LogP contribution is -2.14. The zero-order valence-corrected chi connectivity index (χ0v) is 11.8. The quantitative estimate of drug-likeness (QED) is 0.576. The molecule has 0 aromatic heterocycles. The number of hydrogen-bond donors (Lipinski definition) is 1. The van der Waals surface area contributed by atoms with Crippen LogP contribution in [0.5, 0.6) is 5.75 Å². The van der Waals surface area contributed by atoms with E-state index in [4.69, 9.17) is 11.2 Å². The molecule has 3 heteroatoms. The zero-order chi connectivity index (χ0) is 12.3. The summed E-state index contributed by atoms with van der Waals surface area (Å²) in [7, 11) is 0. The van der Waals surface area contributed by atoms with E-state index < -0.39 is 0 Å². The molecule has 0 spiro atoms. The first-order valence-electron chi connectivity index (χ1n) is 6.22. The molecule has 0 aliphatic heterocycles. The summed E-state index contributed by atoms with van der Waals surface area (Å²) in [6.07, 6.45) is 8.94. The standard InChI is InChI=1S/C15H21NO.ClH/c1-3-5-6-11-16-13-14-7-9-15(10-8-14)17-12-4-2;/h2,7-10,16H,3,5-6,11-13H2,1H3;1H. The summed E-state index contributed by atoms with van der Waals surface area (Å²) in [6, 6.07) is 8.05. The van der Waals surface area contributed by atoms with E-state index in [1.165, 1.54) is 24.8 Å². The van der Waals surface area contributed by atoms with Crippen LogP contribution in [0.3, 0.4) is 0 Å². The zero-order valence-electron chi connectivity index (χ0n) is 10.9. The first kappa shape index (κ1) is 16.8. The molecule has 1 N–H and O–H groups in total. The van der Waals surface area contributed by atoms with E-state index in [9.17, 15) is 0 Å². The molecule has 0 saturated heterocycles. The molecule has 0 bridgehead atoms. The Morgan fingerprint density at radius 2 is 1.94 bits per heavy atom. The fourth-order valence-corrected chi connectivity index (χ4v) is 1.56. The van der Waals surface area contributed by atoms with Gasteiger partial charge in [-0.1, -0.05) is 37.8 Å². The lowest BCUT2D eigenvalue weighted by Gasteiger charge is -2.06. The smallest absolute Gasteiger partial charge is 0.148 e. The SMILES string of the molecule is C#CCOc1ccc(CNCCCCC)cc1.Cl. The second-order valence-corrected chi connectivity index (χ2v) is 4.02. The molecular formula is C15H22ClNO. The topological polar surface area (TPSA) is 21.3 Å². The van der Waals surface area contributed by atoms with E-state index in [1.807, 2.05) is 12.1 Å². The van der Waals surface area contributed by atoms with Gasteiger partial charge in [0.1, 0.15) is 12.4 Å². The molecule has 0 aliphatic rings. The molecule has 100 valence electrons. The molecule has 0 atom stereocenters. The van der Waals surface area contributed by atoms with Crippen LogP contribution in [0.1, 0.15) is 31.7 Å². The number of ether oxygens (including phenoxy) is 1. The number of rotatable bonds is 8. The first-order chi connectivity index (χ1) is 8.36. The number of terminal acetylenes is 1. The van der Waals surface area contributed by atoms with Crippen LogP contribution in [0, 0.1) is 12.3 Å². The average molecular weight is 268 g/mol. The summed E-state index contributed by atoms with van der Waals surface area (Å²) < 4.78 is 5.31. The number of benzene rings is 1. The van der Waals surface area contributed by atoms with Crippen LogP contribution >= 0.6 is 12.4 Å². The van der Waals surface area contributed by atoms with Crippen molar-refractivity contribution in [3.63, 3.8) is 0 Å². The second-order valence-electron chi connectivity index (χ2n) is 4.02. The summed E-state index contributed by atoms with van der Waals surface area (Å²) >= 11 is 0. The number of halogens is 1. The fraction of sp³-hybridized carbons (Fsp3) is 0.467. The molecule has 1 rings (SSSR count). The third kappa shape index (κ3) is 7.21. The minimum Gasteiger partial charge on any atom is -0.481 e. The highest BCUT2D eigenvalue weighted by molar-refractivity contribution is 5.85. The lowest BCUT2D eigenvalue weighted by molar-refractivity contribution is 0.370. The van der Waals surface area contributed by atoms with Crippen molar-refractivity contribution >= 4 is 12.4 Å². The second kappa shape index (κ2) is 11.0. The van der Waals surface area contributed by atoms with Crippen molar-refractivity contribution in [2.45, 2.75) is 32.7 Å². The predicted octanol–water partition coefficient (Wildman–Crippen LogP) is 3.40. The molecule has 2 nitrogen and oxygen atoms in total. The Balaban J connectivity index is 0.00000289. The molecule has 1 aromatic rings. The molecule has 0 heterocycles. The Morgan fingerprint density at radius 1 is 1.22 bits per heavy atom. The van der Waals surface area contributed by atoms with Crippen LogP contribution in [-0.4, -0.2) is 13.2 Å². The molecule has 0 saturated carbocycles. The highest BCUT2D eigenvalue weighted by Crippen LogP contribution is 2.11. The van der Waals surface area contributed by atoms with Gasteiger partial charge in [0.15, 0.2) is 0 Å². The summed E-state index contributed by atoms with van der Waals surface area (Å²) in [5.74, 6) is 3.28. The predicted molar refractivity (Wildman–Crippen MR) is 79.2 cm³/mol. The van der Waals surface area contributed by atoms with Crippen LogP contribution < -0.4 is 10.1 Å². The normalized spacial score (nSPS) is 9.33. The van der Waals surface area contributed by atoms with Gasteiger partial charge in [-0.05, 0) is 30.7 Å². The van der Waals surface area contributed by atoms with Crippen molar-refractivity contribution in [3.8, 4) is 18.1 Å². The molecule has 1 aromatic carbocycles. The largest absolute Gasteiger partial charge is 0.481 e. The van der Waals surface area contributed by atoms with E-state index >= 15 is 0 Å². The molecule has 18 heavy (non-hydrogen) atoms. The maximum Gasteiger partial charge on any atom is 0.148 e. The van der Waals surface area contributed by atoms with Crippen molar-refractivity contribution in [2.75, 3.05) is 13.2 Å². The Bertz CT molecular complexity index is 343. The van der Waals surface area contributed by atoms with E-state index in [0.29, 0.717) is 6.61 Å². The molecule has 0 fully saturated rings. The van der Waals surface area contributed by atoms with Gasteiger partial charge < -0.3 is 10.1 Å². The monoisotopic (exact) mass is 267 g/mol. The minimum atomic E-state index is 0. The van der Waals surface area contributed by atoms with Gasteiger partial charge in [0, 0.05) is 6.54 Å². The van der Waals surface area contributed by atoms with Crippen molar-refractivity contribution in [3.05, 3.63) is 29.8 Å². The summed E-state index contributed by atoms with van der Waals surface area (Å²) in [5, 5.41) is 3.43. The Kier molecular flexibility index (Phi) is 10.2. The number of hydrogen-bond acceptors (Lipinski definition) is 2. The van der Waals surface area contributed by atoms with Gasteiger partial charge in [0.25, 0.3) is 0 Å². The van der Waals surface area contributed by atoms with Crippen LogP contribution in [-0.2, 0) is 6.54 Å². The maximum absolute atomic E-state index is 5.31. The van der Waals surface area contributed by atoms with E-state index in [-0.39, 0.29) is 12.4 Å². The van der Waals surface area contributed by atoms with E-state index in [1.54, 1.807) is 0 Å². The maximum atomic E-state index is 5.31. The Labute approximate surface area is 117 Å². The molecule has 0 radical (unpaired) electrons. The van der Waals surface area contributed by atoms with Gasteiger partial charge in [-0.3, -0.25) is 0 Å². The van der Waals surface area contributed by atoms with Crippen LogP contribution in [0.15, 0.2) is 24.3 Å². The summed E-state index contributed by atoms with van der Waals surface area (Å²) in [4.78, 5) is 0. The van der Waals surface area contributed by atoms with E-state index in [0.717, 1.165) is 18.8 Å². The highest BCUT2D eigenvalue weighted by Gasteiger charge is 1.95. The van der Waals surface area contributed by atoms with E-state index in [2.05, 4.69) is 30.3 Å². The van der Waals surface area contributed by atoms with Gasteiger partial charge >= 0.3 is 0 Å². The van der Waals surface area contributed by atoms with Crippen LogP contribution in [0.2, 0.25) is 0 Å². The molecular weight excluding hydrogens is 246 g/mol. The molecule has 0 unspecified atom stereocenters. The minimum absolute atomic E-state index is 0. The van der Waals surface area contributed by atoms with Crippen molar-refractivity contribution < 1.29 is 4.74 Å². The van der Waals surface area contributed by atoms with Gasteiger partial charge in [0.2, 0.25) is 0 Å². The van der Waals surface area contributed by atoms with Gasteiger partial charge in [-0.2, -0.15) is 0 Å². The van der Waals surface area contributed by atoms with Crippen LogP contribution in [0.25, 0.3) is 0 Å². The number of unbranched alkanes of at least 4 members (excludes halogenated alkanes) is 2. The Hall–Kier alpha value is -1.17. The van der Waals surface area contributed by atoms with Crippen molar-refractivity contribution in [1.82, 2.24) is 5.32 Å². The highest BCUT2D eigenvalue weighted by atomic mass is 35.5. The van der Waals surface area contributed by atoms with Crippen molar-refractivity contribution in [1.29, 1.82) is 0 Å². The van der Waals surface area contributed by atoms with Crippen LogP contribution in [0.4, 0.5) is 0 Å². The fourth-order valence-electron chi connectivity index (χ4n) is 1.56. The summed E-state index contributed by atoms with van der Waals surface area (Å²) in [6.45, 7) is 4.55. The first-order valence-corrected chi connectivity index (χ1v) is 6.22. The number of nitrogens with one attached hydrogen (secondary N) is 1. The molecule has 0 amide bonds. The summed E-state index contributed by atoms with van der Waals surface area (Å²) in [5.41, 5.74) is 1.27. The van der Waals surface area contributed by atoms with Gasteiger partial charge in [0.05, 0.1) is 0 Å².